The van der Waals surface area contributed by atoms with Gasteiger partial charge in [0.05, 0.1) is 5.56 Å². The highest BCUT2D eigenvalue weighted by Crippen LogP contribution is 2.32. The first kappa shape index (κ1) is 22.5. The number of hydrogen-bond donors (Lipinski definition) is 0. The molecule has 0 radical (unpaired) electrons. The molecule has 0 saturated carbocycles. The number of nitrogens with zero attached hydrogens (tertiary/aromatic N) is 2. The van der Waals surface area contributed by atoms with Crippen LogP contribution in [0, 0.1) is 5.82 Å². The highest BCUT2D eigenvalue weighted by atomic mass is 19.4. The van der Waals surface area contributed by atoms with Crippen LogP contribution in [0.3, 0.4) is 0 Å². The minimum Gasteiger partial charge on any atom is -0.335 e. The normalized spacial score (nSPS) is 14.3. The topological polar surface area (TPSA) is 40.6 Å². The lowest BCUT2D eigenvalue weighted by molar-refractivity contribution is -0.137. The first-order chi connectivity index (χ1) is 15.7. The molecule has 1 heterocycles. The molecule has 1 aliphatic heterocycles. The van der Waals surface area contributed by atoms with Crippen LogP contribution in [0.25, 0.3) is 11.1 Å². The van der Waals surface area contributed by atoms with Crippen molar-refractivity contribution in [2.45, 2.75) is 6.18 Å². The van der Waals surface area contributed by atoms with Crippen LogP contribution < -0.4 is 0 Å². The molecule has 1 aliphatic rings. The van der Waals surface area contributed by atoms with E-state index in [0.717, 1.165) is 12.1 Å². The second kappa shape index (κ2) is 9.05. The summed E-state index contributed by atoms with van der Waals surface area (Å²) in [6.45, 7) is 1.27. The van der Waals surface area contributed by atoms with E-state index in [4.69, 9.17) is 0 Å². The van der Waals surface area contributed by atoms with E-state index in [1.165, 1.54) is 36.4 Å². The molecule has 0 aromatic heterocycles. The number of hydrogen-bond acceptors (Lipinski definition) is 2. The first-order valence-electron chi connectivity index (χ1n) is 10.3. The van der Waals surface area contributed by atoms with Crippen LogP contribution in [0.2, 0.25) is 0 Å². The zero-order valence-electron chi connectivity index (χ0n) is 17.5. The van der Waals surface area contributed by atoms with Gasteiger partial charge in [-0.3, -0.25) is 9.59 Å². The molecule has 8 heteroatoms. The lowest BCUT2D eigenvalue weighted by atomic mass is 9.97. The molecule has 33 heavy (non-hydrogen) atoms. The number of amides is 2. The molecular formula is C25H20F4N2O2. The summed E-state index contributed by atoms with van der Waals surface area (Å²) < 4.78 is 51.7. The molecule has 2 amide bonds. The van der Waals surface area contributed by atoms with Gasteiger partial charge < -0.3 is 9.80 Å². The Hall–Kier alpha value is -3.68. The number of carbonyl (C=O) groups is 2. The van der Waals surface area contributed by atoms with Gasteiger partial charge in [0.1, 0.15) is 5.82 Å². The van der Waals surface area contributed by atoms with Gasteiger partial charge in [0.25, 0.3) is 11.8 Å². The highest BCUT2D eigenvalue weighted by molar-refractivity contribution is 6.01. The van der Waals surface area contributed by atoms with E-state index in [0.29, 0.717) is 48.4 Å². The Labute approximate surface area is 188 Å². The van der Waals surface area contributed by atoms with Crippen LogP contribution in [0.5, 0.6) is 0 Å². The Morgan fingerprint density at radius 1 is 0.697 bits per heavy atom. The summed E-state index contributed by atoms with van der Waals surface area (Å²) in [5, 5.41) is 0. The van der Waals surface area contributed by atoms with E-state index >= 15 is 0 Å². The van der Waals surface area contributed by atoms with Gasteiger partial charge in [-0.05, 0) is 53.6 Å². The van der Waals surface area contributed by atoms with Gasteiger partial charge in [-0.25, -0.2) is 4.39 Å². The average molecular weight is 456 g/mol. The second-order valence-corrected chi connectivity index (χ2v) is 7.71. The van der Waals surface area contributed by atoms with Gasteiger partial charge in [-0.2, -0.15) is 13.2 Å². The van der Waals surface area contributed by atoms with E-state index in [9.17, 15) is 27.2 Å². The summed E-state index contributed by atoms with van der Waals surface area (Å²) in [4.78, 5) is 29.1. The van der Waals surface area contributed by atoms with Crippen molar-refractivity contribution in [3.8, 4) is 11.1 Å². The van der Waals surface area contributed by atoms with Crippen molar-refractivity contribution in [1.29, 1.82) is 0 Å². The SMILES string of the molecule is O=C(c1ccc(F)cc1)N1CCN(C(=O)c2ccccc2-c2ccc(C(F)(F)F)cc2)CC1. The fraction of sp³-hybridized carbons (Fsp3) is 0.200. The lowest BCUT2D eigenvalue weighted by Crippen LogP contribution is -2.50. The average Bonchev–Trinajstić information content (AvgIpc) is 2.83. The third-order valence-corrected chi connectivity index (χ3v) is 5.63. The van der Waals surface area contributed by atoms with Crippen LogP contribution in [0.4, 0.5) is 17.6 Å². The quantitative estimate of drug-likeness (QED) is 0.514. The minimum atomic E-state index is -4.43. The van der Waals surface area contributed by atoms with Gasteiger partial charge in [-0.1, -0.05) is 30.3 Å². The summed E-state index contributed by atoms with van der Waals surface area (Å²) in [5.41, 5.74) is 1.06. The number of rotatable bonds is 3. The van der Waals surface area contributed by atoms with E-state index in [2.05, 4.69) is 0 Å². The summed E-state index contributed by atoms with van der Waals surface area (Å²) in [5.74, 6) is -0.902. The number of carbonyl (C=O) groups excluding carboxylic acids is 2. The van der Waals surface area contributed by atoms with Crippen molar-refractivity contribution in [3.63, 3.8) is 0 Å². The van der Waals surface area contributed by atoms with Crippen molar-refractivity contribution < 1.29 is 27.2 Å². The van der Waals surface area contributed by atoms with E-state index in [1.54, 1.807) is 34.1 Å². The van der Waals surface area contributed by atoms with Gasteiger partial charge in [0.2, 0.25) is 0 Å². The molecule has 1 saturated heterocycles. The molecule has 0 bridgehead atoms. The lowest BCUT2D eigenvalue weighted by Gasteiger charge is -2.35. The number of alkyl halides is 3. The van der Waals surface area contributed by atoms with Crippen LogP contribution in [-0.4, -0.2) is 47.8 Å². The van der Waals surface area contributed by atoms with Crippen LogP contribution in [-0.2, 0) is 6.18 Å². The van der Waals surface area contributed by atoms with E-state index in [1.807, 2.05) is 0 Å². The molecule has 1 fully saturated rings. The summed E-state index contributed by atoms with van der Waals surface area (Å²) >= 11 is 0. The molecule has 4 nitrogen and oxygen atoms in total. The fourth-order valence-electron chi connectivity index (χ4n) is 3.82. The predicted molar refractivity (Wildman–Crippen MR) is 115 cm³/mol. The Bertz CT molecular complexity index is 1150. The third kappa shape index (κ3) is 4.89. The largest absolute Gasteiger partial charge is 0.416 e. The Kier molecular flexibility index (Phi) is 6.18. The molecule has 3 aromatic carbocycles. The summed E-state index contributed by atoms with van der Waals surface area (Å²) in [6, 6.07) is 16.8. The first-order valence-corrected chi connectivity index (χ1v) is 10.3. The van der Waals surface area contributed by atoms with Gasteiger partial charge in [0, 0.05) is 37.3 Å². The maximum atomic E-state index is 13.2. The molecular weight excluding hydrogens is 436 g/mol. The van der Waals surface area contributed by atoms with Crippen molar-refractivity contribution in [3.05, 3.63) is 95.3 Å². The standard InChI is InChI=1S/C25H20F4N2O2/c26-20-11-7-18(8-12-20)23(32)30-13-15-31(16-14-30)24(33)22-4-2-1-3-21(22)17-5-9-19(10-6-17)25(27,28)29/h1-12H,13-16H2. The Morgan fingerprint density at radius 3 is 1.82 bits per heavy atom. The molecule has 0 aliphatic carbocycles. The highest BCUT2D eigenvalue weighted by Gasteiger charge is 2.30. The maximum Gasteiger partial charge on any atom is 0.416 e. The Balaban J connectivity index is 1.47. The van der Waals surface area contributed by atoms with Crippen LogP contribution >= 0.6 is 0 Å². The second-order valence-electron chi connectivity index (χ2n) is 7.71. The van der Waals surface area contributed by atoms with Gasteiger partial charge in [0.15, 0.2) is 0 Å². The van der Waals surface area contributed by atoms with Crippen molar-refractivity contribution in [1.82, 2.24) is 9.80 Å². The van der Waals surface area contributed by atoms with Crippen molar-refractivity contribution in [2.75, 3.05) is 26.2 Å². The summed E-state index contributed by atoms with van der Waals surface area (Å²) in [6.07, 6.45) is -4.43. The number of halogens is 4. The minimum absolute atomic E-state index is 0.229. The van der Waals surface area contributed by atoms with Crippen LogP contribution in [0.15, 0.2) is 72.8 Å². The zero-order valence-corrected chi connectivity index (χ0v) is 17.5. The predicted octanol–water partition coefficient (Wildman–Crippen LogP) is 5.11. The molecule has 3 aromatic rings. The molecule has 0 spiro atoms. The third-order valence-electron chi connectivity index (χ3n) is 5.63. The molecule has 0 N–H and O–H groups in total. The van der Waals surface area contributed by atoms with Crippen molar-refractivity contribution >= 4 is 11.8 Å². The summed E-state index contributed by atoms with van der Waals surface area (Å²) in [7, 11) is 0. The van der Waals surface area contributed by atoms with E-state index in [-0.39, 0.29) is 11.8 Å². The number of piperazine rings is 1. The maximum absolute atomic E-state index is 13.2. The molecule has 0 unspecified atom stereocenters. The van der Waals surface area contributed by atoms with Crippen LogP contribution in [0.1, 0.15) is 26.3 Å². The fourth-order valence-corrected chi connectivity index (χ4v) is 3.82. The smallest absolute Gasteiger partial charge is 0.335 e. The number of benzene rings is 3. The monoisotopic (exact) mass is 456 g/mol. The zero-order chi connectivity index (χ0) is 23.6. The molecule has 4 rings (SSSR count). The molecule has 170 valence electrons. The molecule has 0 atom stereocenters. The van der Waals surface area contributed by atoms with E-state index < -0.39 is 17.6 Å². The van der Waals surface area contributed by atoms with Crippen molar-refractivity contribution in [2.24, 2.45) is 0 Å². The van der Waals surface area contributed by atoms with Gasteiger partial charge >= 0.3 is 6.18 Å². The Morgan fingerprint density at radius 2 is 1.24 bits per heavy atom. The van der Waals surface area contributed by atoms with Gasteiger partial charge in [-0.15, -0.1) is 0 Å².